The molecular weight excluding hydrogens is 260 g/mol. The molecule has 2 N–H and O–H groups in total. The molecule has 3 unspecified atom stereocenters. The van der Waals surface area contributed by atoms with Crippen molar-refractivity contribution in [1.82, 2.24) is 0 Å². The highest BCUT2D eigenvalue weighted by Gasteiger charge is 2.35. The molecule has 1 aliphatic heterocycles. The van der Waals surface area contributed by atoms with Gasteiger partial charge in [-0.15, -0.1) is 0 Å². The van der Waals surface area contributed by atoms with Gasteiger partial charge in [-0.05, 0) is 32.8 Å². The highest BCUT2D eigenvalue weighted by atomic mass is 16.7. The van der Waals surface area contributed by atoms with E-state index in [4.69, 9.17) is 9.47 Å². The van der Waals surface area contributed by atoms with Crippen molar-refractivity contribution in [3.63, 3.8) is 0 Å². The highest BCUT2D eigenvalue weighted by molar-refractivity contribution is 5.89. The van der Waals surface area contributed by atoms with Crippen LogP contribution < -0.4 is 0 Å². The van der Waals surface area contributed by atoms with E-state index in [0.29, 0.717) is 6.42 Å². The second-order valence-corrected chi connectivity index (χ2v) is 5.33. The molecule has 0 radical (unpaired) electrons. The Hall–Kier alpha value is -0.750. The van der Waals surface area contributed by atoms with Gasteiger partial charge in [0.2, 0.25) is 0 Å². The van der Waals surface area contributed by atoms with Gasteiger partial charge in [0.05, 0.1) is 18.3 Å². The van der Waals surface area contributed by atoms with Crippen LogP contribution in [0.4, 0.5) is 0 Å². The predicted octanol–water partition coefficient (Wildman–Crippen LogP) is 1.56. The lowest BCUT2D eigenvalue weighted by molar-refractivity contribution is -0.273. The summed E-state index contributed by atoms with van der Waals surface area (Å²) in [5.41, 5.74) is 0. The molecule has 1 heterocycles. The quantitative estimate of drug-likeness (QED) is 0.695. The van der Waals surface area contributed by atoms with E-state index in [2.05, 4.69) is 0 Å². The average Bonchev–Trinajstić information content (AvgIpc) is 2.40. The number of carbonyl (C=O) groups is 1. The predicted molar refractivity (Wildman–Crippen MR) is 75.2 cm³/mol. The van der Waals surface area contributed by atoms with E-state index in [1.165, 1.54) is 0 Å². The fourth-order valence-corrected chi connectivity index (χ4v) is 2.03. The number of hydrogen-bond acceptors (Lipinski definition) is 5. The molecule has 0 saturated carbocycles. The summed E-state index contributed by atoms with van der Waals surface area (Å²) in [6.07, 6.45) is 3.15. The van der Waals surface area contributed by atoms with Crippen LogP contribution in [0.2, 0.25) is 0 Å². The fourth-order valence-electron chi connectivity index (χ4n) is 2.03. The molecule has 0 aromatic heterocycles. The van der Waals surface area contributed by atoms with E-state index >= 15 is 0 Å². The van der Waals surface area contributed by atoms with Gasteiger partial charge in [-0.3, -0.25) is 4.79 Å². The molecule has 1 aliphatic rings. The molecule has 0 aromatic rings. The minimum absolute atomic E-state index is 0.0847. The van der Waals surface area contributed by atoms with Crippen molar-refractivity contribution in [2.45, 2.75) is 77.2 Å². The van der Waals surface area contributed by atoms with Crippen LogP contribution in [0, 0.1) is 0 Å². The standard InChI is InChI=1S/C15H26O5/c1-4-12(16)8-6-5-7-10(2)19-15-14(18)9-13(17)11(3)20-15/h6,8,10-11,13-15,17-18H,4-5,7,9H2,1-3H3/b8-6+/t10?,11?,13-,14?,15-/m1/s1. The smallest absolute Gasteiger partial charge is 0.184 e. The zero-order valence-corrected chi connectivity index (χ0v) is 12.5. The van der Waals surface area contributed by atoms with Gasteiger partial charge >= 0.3 is 0 Å². The Morgan fingerprint density at radius 1 is 1.45 bits per heavy atom. The lowest BCUT2D eigenvalue weighted by atomic mass is 10.0. The average molecular weight is 286 g/mol. The molecule has 0 bridgehead atoms. The first kappa shape index (κ1) is 17.3. The molecule has 0 aliphatic carbocycles. The Bertz CT molecular complexity index is 328. The minimum Gasteiger partial charge on any atom is -0.390 e. The first-order chi connectivity index (χ1) is 9.43. The number of ketones is 1. The lowest BCUT2D eigenvalue weighted by Crippen LogP contribution is -2.48. The first-order valence-corrected chi connectivity index (χ1v) is 7.30. The number of carbonyl (C=O) groups excluding carboxylic acids is 1. The summed E-state index contributed by atoms with van der Waals surface area (Å²) < 4.78 is 11.1. The summed E-state index contributed by atoms with van der Waals surface area (Å²) in [7, 11) is 0. The van der Waals surface area contributed by atoms with Gasteiger partial charge in [0.25, 0.3) is 0 Å². The summed E-state index contributed by atoms with van der Waals surface area (Å²) in [5, 5.41) is 19.4. The van der Waals surface area contributed by atoms with E-state index in [0.717, 1.165) is 12.8 Å². The van der Waals surface area contributed by atoms with E-state index < -0.39 is 18.5 Å². The van der Waals surface area contributed by atoms with Gasteiger partial charge in [0.1, 0.15) is 6.10 Å². The van der Waals surface area contributed by atoms with Crippen LogP contribution in [0.25, 0.3) is 0 Å². The topological polar surface area (TPSA) is 76.0 Å². The molecule has 0 spiro atoms. The van der Waals surface area contributed by atoms with Crippen LogP contribution in [0.3, 0.4) is 0 Å². The third-order valence-corrected chi connectivity index (χ3v) is 3.45. The molecule has 116 valence electrons. The molecule has 5 nitrogen and oxygen atoms in total. The van der Waals surface area contributed by atoms with E-state index in [9.17, 15) is 15.0 Å². The number of allylic oxidation sites excluding steroid dienone is 2. The summed E-state index contributed by atoms with van der Waals surface area (Å²) in [4.78, 5) is 11.1. The maximum atomic E-state index is 11.1. The van der Waals surface area contributed by atoms with Crippen molar-refractivity contribution in [3.8, 4) is 0 Å². The Kier molecular flexibility index (Phi) is 7.37. The largest absolute Gasteiger partial charge is 0.390 e. The van der Waals surface area contributed by atoms with Crippen LogP contribution in [0.15, 0.2) is 12.2 Å². The maximum absolute atomic E-state index is 11.1. The van der Waals surface area contributed by atoms with Gasteiger partial charge in [0.15, 0.2) is 12.1 Å². The van der Waals surface area contributed by atoms with Crippen molar-refractivity contribution in [2.75, 3.05) is 0 Å². The fraction of sp³-hybridized carbons (Fsp3) is 0.800. The van der Waals surface area contributed by atoms with Crippen molar-refractivity contribution < 1.29 is 24.5 Å². The number of ether oxygens (including phenoxy) is 2. The summed E-state index contributed by atoms with van der Waals surface area (Å²) >= 11 is 0. The third-order valence-electron chi connectivity index (χ3n) is 3.45. The number of aliphatic hydroxyl groups is 2. The van der Waals surface area contributed by atoms with Gasteiger partial charge < -0.3 is 19.7 Å². The third kappa shape index (κ3) is 5.71. The van der Waals surface area contributed by atoms with Gasteiger partial charge in [-0.2, -0.15) is 0 Å². The maximum Gasteiger partial charge on any atom is 0.184 e. The Morgan fingerprint density at radius 2 is 2.15 bits per heavy atom. The second-order valence-electron chi connectivity index (χ2n) is 5.33. The van der Waals surface area contributed by atoms with Crippen molar-refractivity contribution in [3.05, 3.63) is 12.2 Å². The van der Waals surface area contributed by atoms with Crippen LogP contribution >= 0.6 is 0 Å². The number of hydrogen-bond donors (Lipinski definition) is 2. The monoisotopic (exact) mass is 286 g/mol. The van der Waals surface area contributed by atoms with E-state index in [1.807, 2.05) is 19.9 Å². The number of rotatable bonds is 7. The Morgan fingerprint density at radius 3 is 2.80 bits per heavy atom. The summed E-state index contributed by atoms with van der Waals surface area (Å²) in [6.45, 7) is 5.49. The molecule has 1 saturated heterocycles. The van der Waals surface area contributed by atoms with Crippen LogP contribution in [0.1, 0.15) is 46.5 Å². The van der Waals surface area contributed by atoms with Crippen LogP contribution in [-0.4, -0.2) is 46.7 Å². The molecular formula is C15H26O5. The second kappa shape index (κ2) is 8.52. The highest BCUT2D eigenvalue weighted by Crippen LogP contribution is 2.22. The van der Waals surface area contributed by atoms with Gasteiger partial charge in [-0.1, -0.05) is 13.0 Å². The first-order valence-electron chi connectivity index (χ1n) is 7.30. The minimum atomic E-state index is -0.805. The van der Waals surface area contributed by atoms with Crippen molar-refractivity contribution in [1.29, 1.82) is 0 Å². The van der Waals surface area contributed by atoms with Crippen molar-refractivity contribution in [2.24, 2.45) is 0 Å². The van der Waals surface area contributed by atoms with E-state index in [1.54, 1.807) is 13.0 Å². The molecule has 1 fully saturated rings. The SMILES string of the molecule is CCC(=O)/C=C/CCC(C)O[C@@H]1OC(C)[C@H](O)CC1O. The zero-order chi connectivity index (χ0) is 15.1. The Balaban J connectivity index is 2.29. The molecule has 5 heteroatoms. The van der Waals surface area contributed by atoms with Gasteiger partial charge in [-0.25, -0.2) is 0 Å². The lowest BCUT2D eigenvalue weighted by Gasteiger charge is -2.36. The van der Waals surface area contributed by atoms with Gasteiger partial charge in [0, 0.05) is 12.8 Å². The van der Waals surface area contributed by atoms with E-state index in [-0.39, 0.29) is 24.4 Å². The molecule has 0 aromatic carbocycles. The molecule has 5 atom stereocenters. The summed E-state index contributed by atoms with van der Waals surface area (Å²) in [6, 6.07) is 0. The molecule has 0 amide bonds. The molecule has 1 rings (SSSR count). The van der Waals surface area contributed by atoms with Crippen molar-refractivity contribution >= 4 is 5.78 Å². The normalized spacial score (nSPS) is 32.5. The Labute approximate surface area is 120 Å². The molecule has 20 heavy (non-hydrogen) atoms. The zero-order valence-electron chi connectivity index (χ0n) is 12.5. The summed E-state index contributed by atoms with van der Waals surface area (Å²) in [5.74, 6) is 0.118. The number of aliphatic hydroxyl groups excluding tert-OH is 2. The van der Waals surface area contributed by atoms with Crippen LogP contribution in [-0.2, 0) is 14.3 Å². The van der Waals surface area contributed by atoms with Crippen LogP contribution in [0.5, 0.6) is 0 Å².